The van der Waals surface area contributed by atoms with E-state index in [1.54, 1.807) is 0 Å². The van der Waals surface area contributed by atoms with Crippen molar-refractivity contribution in [2.45, 2.75) is 67.2 Å². The molecule has 0 amide bonds. The molecule has 0 fully saturated rings. The molecule has 0 unspecified atom stereocenters. The third-order valence-electron chi connectivity index (χ3n) is 15.1. The number of halogens is 2. The van der Waals surface area contributed by atoms with Crippen LogP contribution in [-0.2, 0) is 74.2 Å². The van der Waals surface area contributed by atoms with Gasteiger partial charge in [-0.05, 0) is 25.7 Å². The summed E-state index contributed by atoms with van der Waals surface area (Å²) in [6, 6.07) is 99.8. The second-order valence-corrected chi connectivity index (χ2v) is 23.4. The average molecular weight is 1290 g/mol. The Bertz CT molecular complexity index is 3760. The molecular weight excluding hydrogens is 1210 g/mol. The van der Waals surface area contributed by atoms with Crippen LogP contribution in [0.1, 0.15) is 83.3 Å². The molecule has 0 saturated carbocycles. The van der Waals surface area contributed by atoms with Crippen molar-refractivity contribution in [2.75, 3.05) is 0 Å². The van der Waals surface area contributed by atoms with Crippen LogP contribution in [0.15, 0.2) is 279 Å². The predicted octanol–water partition coefficient (Wildman–Crippen LogP) is 15.0. The number of hydrogen-bond donors (Lipinski definition) is 0. The zero-order chi connectivity index (χ0) is 57.2. The normalized spacial score (nSPS) is 10.4. The van der Waals surface area contributed by atoms with Gasteiger partial charge < -0.3 is 24.8 Å². The molecule has 0 radical (unpaired) electrons. The molecule has 0 aliphatic carbocycles. The predicted molar refractivity (Wildman–Crippen MR) is 352 cm³/mol. The van der Waals surface area contributed by atoms with Crippen molar-refractivity contribution >= 4 is 71.0 Å². The molecule has 0 bridgehead atoms. The molecule has 84 heavy (non-hydrogen) atoms. The summed E-state index contributed by atoms with van der Waals surface area (Å²) in [4.78, 5) is 0. The van der Waals surface area contributed by atoms with Gasteiger partial charge in [-0.25, -0.2) is 0 Å². The minimum atomic E-state index is 0. The summed E-state index contributed by atoms with van der Waals surface area (Å²) in [5.74, 6) is 0. The Hall–Kier alpha value is -6.75. The fraction of sp³-hybridized carbons (Fsp3) is 0.125. The van der Waals surface area contributed by atoms with E-state index < -0.39 is 0 Å². The molecule has 14 aromatic carbocycles. The maximum absolute atomic E-state index is 2.32. The molecule has 0 N–H and O–H groups in total. The Balaban J connectivity index is 0.000000145. The fourth-order valence-electron chi connectivity index (χ4n) is 10.5. The third-order valence-corrected chi connectivity index (χ3v) is 17.9. The summed E-state index contributed by atoms with van der Waals surface area (Å²) < 4.78 is 2.83. The van der Waals surface area contributed by atoms with Crippen LogP contribution in [0.25, 0.3) is 64.6 Å². The van der Waals surface area contributed by atoms with Gasteiger partial charge in [-0.1, -0.05) is 124 Å². The molecule has 0 spiro atoms. The van der Waals surface area contributed by atoms with Gasteiger partial charge in [0.2, 0.25) is 0 Å². The molecule has 416 valence electrons. The summed E-state index contributed by atoms with van der Waals surface area (Å²) in [6.45, 7) is 13.1. The van der Waals surface area contributed by atoms with Crippen molar-refractivity contribution in [3.63, 3.8) is 0 Å². The van der Waals surface area contributed by atoms with E-state index in [0.29, 0.717) is 0 Å². The minimum absolute atomic E-state index is 0. The number of rotatable bonds is 8. The molecule has 0 aromatic heterocycles. The Morgan fingerprint density at radius 3 is 0.750 bits per heavy atom. The van der Waals surface area contributed by atoms with Gasteiger partial charge in [0.1, 0.15) is 0 Å². The van der Waals surface area contributed by atoms with Crippen LogP contribution in [0.4, 0.5) is 0 Å². The molecule has 0 atom stereocenters. The SMILES string of the molecule is CCc1ccc2c(c1)[cH-]c1cc(CC)ccc12.CCc1ccc2c(c1)[cH-]c1cc(CC)ccc12.Cc1cc2ccccc2[cH-]1.Cc1cc2ccccc2[cH-]1.[Cl-].[Cl-].[Zr+2]=[C](c1ccccc1)c1ccccc1.[Zr+2]=[C](c1ccccc1)c1ccccc1. The van der Waals surface area contributed by atoms with Crippen molar-refractivity contribution in [3.05, 3.63) is 335 Å². The Morgan fingerprint density at radius 2 is 0.512 bits per heavy atom. The topological polar surface area (TPSA) is 0 Å². The summed E-state index contributed by atoms with van der Waals surface area (Å²) in [6.07, 6.45) is 4.44. The first-order chi connectivity index (χ1) is 40.1. The Labute approximate surface area is 541 Å². The van der Waals surface area contributed by atoms with Crippen molar-refractivity contribution in [2.24, 2.45) is 0 Å². The number of aryl methyl sites for hydroxylation is 6. The zero-order valence-corrected chi connectivity index (χ0v) is 55.6. The second kappa shape index (κ2) is 32.5. The van der Waals surface area contributed by atoms with Crippen molar-refractivity contribution in [1.29, 1.82) is 0 Å². The van der Waals surface area contributed by atoms with Gasteiger partial charge in [0.25, 0.3) is 0 Å². The molecule has 0 nitrogen and oxygen atoms in total. The van der Waals surface area contributed by atoms with E-state index >= 15 is 0 Å². The van der Waals surface area contributed by atoms with Crippen LogP contribution in [0.3, 0.4) is 0 Å². The van der Waals surface area contributed by atoms with Crippen molar-refractivity contribution in [1.82, 2.24) is 0 Å². The second-order valence-electron chi connectivity index (χ2n) is 20.9. The van der Waals surface area contributed by atoms with Gasteiger partial charge in [0.05, 0.1) is 0 Å². The quantitative estimate of drug-likeness (QED) is 0.133. The molecule has 0 aliphatic rings. The summed E-state index contributed by atoms with van der Waals surface area (Å²) in [5, 5.41) is 16.5. The van der Waals surface area contributed by atoms with Gasteiger partial charge in [-0.3, -0.25) is 0 Å². The Morgan fingerprint density at radius 1 is 0.274 bits per heavy atom. The van der Waals surface area contributed by atoms with Crippen molar-refractivity contribution < 1.29 is 73.3 Å². The summed E-state index contributed by atoms with van der Waals surface area (Å²) >= 11 is 2.92. The monoisotopic (exact) mass is 1280 g/mol. The van der Waals surface area contributed by atoms with E-state index in [-0.39, 0.29) is 24.8 Å². The molecule has 0 heterocycles. The fourth-order valence-corrected chi connectivity index (χ4v) is 12.1. The van der Waals surface area contributed by atoms with E-state index in [2.05, 4.69) is 321 Å². The van der Waals surface area contributed by atoms with Crippen LogP contribution in [0, 0.1) is 13.8 Å². The summed E-state index contributed by atoms with van der Waals surface area (Å²) in [5.41, 5.74) is 13.7. The Kier molecular flexibility index (Phi) is 25.1. The maximum atomic E-state index is 2.32. The molecule has 0 aliphatic heterocycles. The molecule has 14 rings (SSSR count). The first-order valence-corrected chi connectivity index (χ1v) is 31.4. The van der Waals surface area contributed by atoms with Gasteiger partial charge in [-0.15, -0.1) is 161 Å². The van der Waals surface area contributed by atoms with E-state index in [4.69, 9.17) is 0 Å². The van der Waals surface area contributed by atoms with E-state index in [1.807, 2.05) is 0 Å². The van der Waals surface area contributed by atoms with Crippen LogP contribution in [0.5, 0.6) is 0 Å². The van der Waals surface area contributed by atoms with Gasteiger partial charge in [-0.2, -0.15) is 12.1 Å². The molecular formula is C80H72Cl2Zr2-2. The number of fused-ring (bicyclic) bond motifs is 8. The first-order valence-electron chi connectivity index (χ1n) is 29.0. The van der Waals surface area contributed by atoms with Crippen LogP contribution >= 0.6 is 0 Å². The summed E-state index contributed by atoms with van der Waals surface area (Å²) in [7, 11) is 0. The standard InChI is InChI=1S/2C17H17.2C13H10.2C10H9.2ClH.2Zr/c2*1-3-12-5-7-16-14(9-12)11-15-10-13(4-2)6-8-17(15)16;2*1-3-7-12(8-4-1)11-13-9-5-2-6-10-13;2*1-8-6-9-4-2-3-5-10(9)7-8;;;;/h2*5-11H,3-4H2,1-2H3;2*1-10H;2*2-7H,1H3;2*1H;;/q2*-1;;;2*-1;;;2*+2/p-2. The third kappa shape index (κ3) is 17.2. The molecule has 14 aromatic rings. The van der Waals surface area contributed by atoms with Crippen LogP contribution in [0.2, 0.25) is 0 Å². The first kappa shape index (κ1) is 64.8. The van der Waals surface area contributed by atoms with E-state index in [0.717, 1.165) is 25.7 Å². The average Bonchev–Trinajstić information content (AvgIpc) is 2.89. The van der Waals surface area contributed by atoms with Crippen LogP contribution < -0.4 is 24.8 Å². The molecule has 4 heteroatoms. The van der Waals surface area contributed by atoms with Gasteiger partial charge in [0, 0.05) is 0 Å². The molecule has 0 saturated heterocycles. The van der Waals surface area contributed by atoms with Crippen LogP contribution in [-0.4, -0.2) is 6.41 Å². The number of benzene rings is 10. The van der Waals surface area contributed by atoms with E-state index in [9.17, 15) is 0 Å². The van der Waals surface area contributed by atoms with Gasteiger partial charge >= 0.3 is 198 Å². The van der Waals surface area contributed by atoms with Crippen molar-refractivity contribution in [3.8, 4) is 0 Å². The van der Waals surface area contributed by atoms with Gasteiger partial charge in [0.15, 0.2) is 0 Å². The zero-order valence-electron chi connectivity index (χ0n) is 49.1. The number of hydrogen-bond acceptors (Lipinski definition) is 0. The van der Waals surface area contributed by atoms with E-state index in [1.165, 1.54) is 175 Å².